The summed E-state index contributed by atoms with van der Waals surface area (Å²) in [7, 11) is 0. The fraction of sp³-hybridized carbons (Fsp3) is 0.455. The third-order valence-corrected chi connectivity index (χ3v) is 5.63. The molecule has 2 heterocycles. The summed E-state index contributed by atoms with van der Waals surface area (Å²) in [6.07, 6.45) is 1.32. The second-order valence-corrected chi connectivity index (χ2v) is 7.53. The highest BCUT2D eigenvalue weighted by Crippen LogP contribution is 2.23. The average molecular weight is 335 g/mol. The minimum Gasteiger partial charge on any atom is -0.314 e. The summed E-state index contributed by atoms with van der Waals surface area (Å²) >= 11 is 0. The van der Waals surface area contributed by atoms with Crippen molar-refractivity contribution >= 4 is 0 Å². The smallest absolute Gasteiger partial charge is 0.0236 e. The molecule has 1 N–H and O–H groups in total. The Morgan fingerprint density at radius 2 is 1.76 bits per heavy atom. The molecule has 0 bridgehead atoms. The van der Waals surface area contributed by atoms with E-state index >= 15 is 0 Å². The van der Waals surface area contributed by atoms with Gasteiger partial charge in [0.15, 0.2) is 0 Å². The molecule has 4 rings (SSSR count). The van der Waals surface area contributed by atoms with Crippen molar-refractivity contribution in [3.05, 3.63) is 59.7 Å². The van der Waals surface area contributed by atoms with Gasteiger partial charge < -0.3 is 5.32 Å². The number of piperazine rings is 1. The summed E-state index contributed by atoms with van der Waals surface area (Å²) in [6.45, 7) is 10.4. The van der Waals surface area contributed by atoms with Gasteiger partial charge in [0.25, 0.3) is 0 Å². The Morgan fingerprint density at radius 1 is 0.960 bits per heavy atom. The lowest BCUT2D eigenvalue weighted by Gasteiger charge is -2.32. The van der Waals surface area contributed by atoms with E-state index in [1.165, 1.54) is 54.9 Å². The van der Waals surface area contributed by atoms with Crippen LogP contribution in [0, 0.1) is 6.92 Å². The van der Waals surface area contributed by atoms with Crippen molar-refractivity contribution in [2.45, 2.75) is 25.9 Å². The van der Waals surface area contributed by atoms with Gasteiger partial charge >= 0.3 is 0 Å². The Labute approximate surface area is 151 Å². The minimum atomic E-state index is 0.752. The molecule has 2 aliphatic rings. The molecule has 1 atom stereocenters. The first kappa shape index (κ1) is 16.8. The first-order valence-electron chi connectivity index (χ1n) is 9.61. The fourth-order valence-corrected chi connectivity index (χ4v) is 4.15. The molecule has 2 aromatic rings. The van der Waals surface area contributed by atoms with Gasteiger partial charge in [-0.15, -0.1) is 0 Å². The molecular weight excluding hydrogens is 306 g/mol. The highest BCUT2D eigenvalue weighted by molar-refractivity contribution is 5.64. The highest BCUT2D eigenvalue weighted by Gasteiger charge is 2.28. The van der Waals surface area contributed by atoms with Gasteiger partial charge in [0.2, 0.25) is 0 Å². The highest BCUT2D eigenvalue weighted by atomic mass is 15.3. The van der Waals surface area contributed by atoms with E-state index in [1.54, 1.807) is 0 Å². The van der Waals surface area contributed by atoms with Crippen molar-refractivity contribution < 1.29 is 0 Å². The maximum atomic E-state index is 3.46. The van der Waals surface area contributed by atoms with Gasteiger partial charge in [-0.2, -0.15) is 0 Å². The van der Waals surface area contributed by atoms with Crippen molar-refractivity contribution in [2.24, 2.45) is 0 Å². The summed E-state index contributed by atoms with van der Waals surface area (Å²) in [5, 5.41) is 3.46. The van der Waals surface area contributed by atoms with Crippen LogP contribution in [0.3, 0.4) is 0 Å². The molecule has 0 radical (unpaired) electrons. The molecule has 0 aromatic heterocycles. The van der Waals surface area contributed by atoms with E-state index in [0.29, 0.717) is 0 Å². The van der Waals surface area contributed by atoms with Crippen LogP contribution >= 0.6 is 0 Å². The van der Waals surface area contributed by atoms with Gasteiger partial charge in [-0.3, -0.25) is 9.80 Å². The molecule has 3 nitrogen and oxygen atoms in total. The van der Waals surface area contributed by atoms with Crippen molar-refractivity contribution in [1.82, 2.24) is 15.1 Å². The number of benzene rings is 2. The maximum Gasteiger partial charge on any atom is 0.0236 e. The molecule has 2 fully saturated rings. The number of hydrogen-bond donors (Lipinski definition) is 1. The second-order valence-electron chi connectivity index (χ2n) is 7.53. The van der Waals surface area contributed by atoms with Crippen molar-refractivity contribution in [1.29, 1.82) is 0 Å². The summed E-state index contributed by atoms with van der Waals surface area (Å²) in [5.74, 6) is 0. The Balaban J connectivity index is 1.40. The zero-order valence-corrected chi connectivity index (χ0v) is 15.2. The van der Waals surface area contributed by atoms with Crippen LogP contribution < -0.4 is 5.32 Å². The molecule has 2 saturated heterocycles. The number of likely N-dealkylation sites (tertiary alicyclic amines) is 1. The number of aryl methyl sites for hydroxylation is 1. The van der Waals surface area contributed by atoms with E-state index in [2.05, 4.69) is 70.6 Å². The third-order valence-electron chi connectivity index (χ3n) is 5.63. The zero-order chi connectivity index (χ0) is 17.1. The summed E-state index contributed by atoms with van der Waals surface area (Å²) in [4.78, 5) is 5.31. The van der Waals surface area contributed by atoms with Crippen LogP contribution in [-0.2, 0) is 6.54 Å². The Kier molecular flexibility index (Phi) is 5.16. The van der Waals surface area contributed by atoms with E-state index in [-0.39, 0.29) is 0 Å². The van der Waals surface area contributed by atoms with Gasteiger partial charge in [0.05, 0.1) is 0 Å². The molecule has 0 amide bonds. The molecule has 2 aromatic carbocycles. The molecule has 25 heavy (non-hydrogen) atoms. The Hall–Kier alpha value is -1.68. The normalized spacial score (nSPS) is 22.4. The van der Waals surface area contributed by atoms with E-state index < -0.39 is 0 Å². The molecule has 132 valence electrons. The largest absolute Gasteiger partial charge is 0.314 e. The molecule has 0 aliphatic carbocycles. The van der Waals surface area contributed by atoms with Crippen LogP contribution in [0.1, 0.15) is 17.5 Å². The monoisotopic (exact) mass is 335 g/mol. The maximum absolute atomic E-state index is 3.46. The SMILES string of the molecule is Cc1ccc(-c2cccc(CN3CCC(N4CCNCC4)C3)c2)cc1. The summed E-state index contributed by atoms with van der Waals surface area (Å²) in [5.41, 5.74) is 5.39. The lowest BCUT2D eigenvalue weighted by atomic mass is 10.0. The first-order chi connectivity index (χ1) is 12.3. The molecule has 1 unspecified atom stereocenters. The molecule has 2 aliphatic heterocycles. The average Bonchev–Trinajstić information content (AvgIpc) is 3.12. The van der Waals surface area contributed by atoms with Gasteiger partial charge in [-0.1, -0.05) is 48.0 Å². The second kappa shape index (κ2) is 7.69. The lowest BCUT2D eigenvalue weighted by molar-refractivity contribution is 0.170. The molecule has 0 spiro atoms. The van der Waals surface area contributed by atoms with Gasteiger partial charge in [0, 0.05) is 51.9 Å². The van der Waals surface area contributed by atoms with Crippen molar-refractivity contribution in [2.75, 3.05) is 39.3 Å². The predicted octanol–water partition coefficient (Wildman–Crippen LogP) is 3.14. The Bertz CT molecular complexity index is 689. The van der Waals surface area contributed by atoms with E-state index in [0.717, 1.165) is 25.7 Å². The van der Waals surface area contributed by atoms with Crippen LogP contribution in [0.5, 0.6) is 0 Å². The molecular formula is C22H29N3. The number of nitrogens with zero attached hydrogens (tertiary/aromatic N) is 2. The zero-order valence-electron chi connectivity index (χ0n) is 15.2. The number of hydrogen-bond acceptors (Lipinski definition) is 3. The van der Waals surface area contributed by atoms with Crippen LogP contribution in [0.4, 0.5) is 0 Å². The third kappa shape index (κ3) is 4.12. The van der Waals surface area contributed by atoms with E-state index in [4.69, 9.17) is 0 Å². The number of rotatable bonds is 4. The topological polar surface area (TPSA) is 18.5 Å². The van der Waals surface area contributed by atoms with Crippen LogP contribution in [0.15, 0.2) is 48.5 Å². The summed E-state index contributed by atoms with van der Waals surface area (Å²) < 4.78 is 0. The van der Waals surface area contributed by atoms with Crippen LogP contribution in [0.2, 0.25) is 0 Å². The van der Waals surface area contributed by atoms with E-state index in [1.807, 2.05) is 0 Å². The minimum absolute atomic E-state index is 0.752. The van der Waals surface area contributed by atoms with Gasteiger partial charge in [-0.25, -0.2) is 0 Å². The fourth-order valence-electron chi connectivity index (χ4n) is 4.15. The van der Waals surface area contributed by atoms with Crippen LogP contribution in [0.25, 0.3) is 11.1 Å². The first-order valence-corrected chi connectivity index (χ1v) is 9.61. The lowest BCUT2D eigenvalue weighted by Crippen LogP contribution is -2.49. The molecule has 3 heteroatoms. The number of nitrogens with one attached hydrogen (secondary N) is 1. The van der Waals surface area contributed by atoms with Gasteiger partial charge in [0.1, 0.15) is 0 Å². The summed E-state index contributed by atoms with van der Waals surface area (Å²) in [6, 6.07) is 18.7. The molecule has 0 saturated carbocycles. The quantitative estimate of drug-likeness (QED) is 0.926. The van der Waals surface area contributed by atoms with Crippen LogP contribution in [-0.4, -0.2) is 55.1 Å². The van der Waals surface area contributed by atoms with Gasteiger partial charge in [-0.05, 0) is 36.1 Å². The Morgan fingerprint density at radius 3 is 2.56 bits per heavy atom. The van der Waals surface area contributed by atoms with Crippen molar-refractivity contribution in [3.8, 4) is 11.1 Å². The standard InChI is InChI=1S/C22H29N3/c1-18-5-7-20(8-6-18)21-4-2-3-19(15-21)16-24-12-9-22(17-24)25-13-10-23-11-14-25/h2-8,15,22-23H,9-14,16-17H2,1H3. The predicted molar refractivity (Wildman–Crippen MR) is 105 cm³/mol. The van der Waals surface area contributed by atoms with E-state index in [9.17, 15) is 0 Å². The van der Waals surface area contributed by atoms with Crippen molar-refractivity contribution in [3.63, 3.8) is 0 Å².